The van der Waals surface area contributed by atoms with Crippen LogP contribution >= 0.6 is 0 Å². The number of hydrogen-bond acceptors (Lipinski definition) is 4. The highest BCUT2D eigenvalue weighted by Gasteiger charge is 2.16. The molecule has 1 heterocycles. The van der Waals surface area contributed by atoms with Gasteiger partial charge in [-0.1, -0.05) is 35.5 Å². The zero-order valence-corrected chi connectivity index (χ0v) is 12.1. The summed E-state index contributed by atoms with van der Waals surface area (Å²) in [5.41, 5.74) is 2.20. The molecule has 0 saturated carbocycles. The van der Waals surface area contributed by atoms with Gasteiger partial charge >= 0.3 is 0 Å². The predicted molar refractivity (Wildman–Crippen MR) is 78.1 cm³/mol. The van der Waals surface area contributed by atoms with Gasteiger partial charge in [0, 0.05) is 31.8 Å². The van der Waals surface area contributed by atoms with E-state index in [1.165, 1.54) is 5.56 Å². The smallest absolute Gasteiger partial charge is 0.133 e. The van der Waals surface area contributed by atoms with Crippen LogP contribution in [0.15, 0.2) is 40.9 Å². The van der Waals surface area contributed by atoms with Crippen molar-refractivity contribution in [2.75, 3.05) is 6.61 Å². The molecule has 20 heavy (non-hydrogen) atoms. The van der Waals surface area contributed by atoms with Gasteiger partial charge in [0.15, 0.2) is 0 Å². The Morgan fingerprint density at radius 1 is 1.25 bits per heavy atom. The van der Waals surface area contributed by atoms with Gasteiger partial charge in [0.25, 0.3) is 0 Å². The number of aromatic nitrogens is 1. The van der Waals surface area contributed by atoms with Crippen molar-refractivity contribution in [3.8, 4) is 0 Å². The minimum Gasteiger partial charge on any atom is -0.396 e. The molecule has 0 fully saturated rings. The van der Waals surface area contributed by atoms with Crippen LogP contribution < -0.4 is 0 Å². The Kier molecular flexibility index (Phi) is 5.32. The molecule has 1 atom stereocenters. The van der Waals surface area contributed by atoms with E-state index in [0.29, 0.717) is 0 Å². The fourth-order valence-corrected chi connectivity index (χ4v) is 2.26. The van der Waals surface area contributed by atoms with Crippen LogP contribution in [0.25, 0.3) is 0 Å². The Morgan fingerprint density at radius 3 is 2.60 bits per heavy atom. The first-order valence-electron chi connectivity index (χ1n) is 7.00. The molecule has 0 radical (unpaired) electrons. The lowest BCUT2D eigenvalue weighted by Gasteiger charge is -2.28. The Morgan fingerprint density at radius 2 is 2.00 bits per heavy atom. The SMILES string of the molecule is Cc1cc(CN(Cc2ccccc2)C(C)CCO)no1. The third-order valence-electron chi connectivity index (χ3n) is 3.44. The van der Waals surface area contributed by atoms with E-state index in [4.69, 9.17) is 9.63 Å². The van der Waals surface area contributed by atoms with Gasteiger partial charge in [-0.05, 0) is 25.8 Å². The van der Waals surface area contributed by atoms with Crippen molar-refractivity contribution in [1.29, 1.82) is 0 Å². The maximum Gasteiger partial charge on any atom is 0.133 e. The second-order valence-corrected chi connectivity index (χ2v) is 5.18. The maximum atomic E-state index is 9.16. The summed E-state index contributed by atoms with van der Waals surface area (Å²) in [6.45, 7) is 5.80. The van der Waals surface area contributed by atoms with Crippen LogP contribution in [-0.4, -0.2) is 27.8 Å². The molecule has 0 aliphatic heterocycles. The van der Waals surface area contributed by atoms with Crippen LogP contribution in [0.4, 0.5) is 0 Å². The van der Waals surface area contributed by atoms with Crippen molar-refractivity contribution in [2.45, 2.75) is 39.4 Å². The molecular formula is C16H22N2O2. The second-order valence-electron chi connectivity index (χ2n) is 5.18. The monoisotopic (exact) mass is 274 g/mol. The lowest BCUT2D eigenvalue weighted by atomic mass is 10.1. The summed E-state index contributed by atoms with van der Waals surface area (Å²) < 4.78 is 5.13. The van der Waals surface area contributed by atoms with Crippen molar-refractivity contribution in [1.82, 2.24) is 10.1 Å². The Labute approximate surface area is 120 Å². The number of aryl methyl sites for hydroxylation is 1. The van der Waals surface area contributed by atoms with E-state index < -0.39 is 0 Å². The molecular weight excluding hydrogens is 252 g/mol. The van der Waals surface area contributed by atoms with Crippen LogP contribution in [0.1, 0.15) is 30.4 Å². The van der Waals surface area contributed by atoms with Crippen LogP contribution in [0, 0.1) is 6.92 Å². The van der Waals surface area contributed by atoms with Crippen molar-refractivity contribution in [3.63, 3.8) is 0 Å². The molecule has 1 N–H and O–H groups in total. The third kappa shape index (κ3) is 4.18. The fraction of sp³-hybridized carbons (Fsp3) is 0.438. The van der Waals surface area contributed by atoms with Crippen molar-refractivity contribution in [3.05, 3.63) is 53.4 Å². The van der Waals surface area contributed by atoms with Gasteiger partial charge in [0.05, 0.1) is 5.69 Å². The maximum absolute atomic E-state index is 9.16. The molecule has 1 aromatic carbocycles. The number of hydrogen-bond donors (Lipinski definition) is 1. The first-order valence-corrected chi connectivity index (χ1v) is 7.00. The van der Waals surface area contributed by atoms with Crippen LogP contribution in [0.2, 0.25) is 0 Å². The van der Waals surface area contributed by atoms with Gasteiger partial charge in [0.2, 0.25) is 0 Å². The van der Waals surface area contributed by atoms with Crippen LogP contribution in [0.5, 0.6) is 0 Å². The highest BCUT2D eigenvalue weighted by molar-refractivity contribution is 5.15. The lowest BCUT2D eigenvalue weighted by molar-refractivity contribution is 0.150. The van der Waals surface area contributed by atoms with Crippen molar-refractivity contribution >= 4 is 0 Å². The quantitative estimate of drug-likeness (QED) is 0.843. The zero-order chi connectivity index (χ0) is 14.4. The van der Waals surface area contributed by atoms with Crippen LogP contribution in [-0.2, 0) is 13.1 Å². The fourth-order valence-electron chi connectivity index (χ4n) is 2.26. The standard InChI is InChI=1S/C16H22N2O2/c1-13(8-9-19)18(11-15-6-4-3-5-7-15)12-16-10-14(2)20-17-16/h3-7,10,13,19H,8-9,11-12H2,1-2H3. The molecule has 2 rings (SSSR count). The number of benzene rings is 1. The van der Waals surface area contributed by atoms with Crippen molar-refractivity contribution in [2.24, 2.45) is 0 Å². The lowest BCUT2D eigenvalue weighted by Crippen LogP contribution is -2.33. The highest BCUT2D eigenvalue weighted by Crippen LogP contribution is 2.15. The molecule has 0 bridgehead atoms. The summed E-state index contributed by atoms with van der Waals surface area (Å²) >= 11 is 0. The van der Waals surface area contributed by atoms with Gasteiger partial charge < -0.3 is 9.63 Å². The number of rotatable bonds is 7. The van der Waals surface area contributed by atoms with Crippen molar-refractivity contribution < 1.29 is 9.63 Å². The molecule has 0 amide bonds. The molecule has 0 aliphatic carbocycles. The van der Waals surface area contributed by atoms with E-state index in [1.54, 1.807) is 0 Å². The minimum absolute atomic E-state index is 0.199. The molecule has 0 saturated heterocycles. The molecule has 0 aliphatic rings. The number of nitrogens with zero attached hydrogens (tertiary/aromatic N) is 2. The summed E-state index contributed by atoms with van der Waals surface area (Å²) in [5, 5.41) is 13.2. The summed E-state index contributed by atoms with van der Waals surface area (Å²) in [5.74, 6) is 0.828. The molecule has 4 heteroatoms. The van der Waals surface area contributed by atoms with E-state index in [1.807, 2.05) is 31.2 Å². The summed E-state index contributed by atoms with van der Waals surface area (Å²) in [7, 11) is 0. The summed E-state index contributed by atoms with van der Waals surface area (Å²) in [6.07, 6.45) is 0.754. The van der Waals surface area contributed by atoms with Gasteiger partial charge in [-0.2, -0.15) is 0 Å². The largest absolute Gasteiger partial charge is 0.396 e. The molecule has 4 nitrogen and oxygen atoms in total. The van der Waals surface area contributed by atoms with E-state index in [-0.39, 0.29) is 12.6 Å². The number of aliphatic hydroxyl groups excluding tert-OH is 1. The van der Waals surface area contributed by atoms with Gasteiger partial charge in [-0.15, -0.1) is 0 Å². The summed E-state index contributed by atoms with van der Waals surface area (Å²) in [6, 6.07) is 12.6. The summed E-state index contributed by atoms with van der Waals surface area (Å²) in [4.78, 5) is 2.31. The van der Waals surface area contributed by atoms with Gasteiger partial charge in [0.1, 0.15) is 5.76 Å². The Balaban J connectivity index is 2.07. The Bertz CT molecular complexity index is 510. The minimum atomic E-state index is 0.199. The first-order chi connectivity index (χ1) is 9.69. The van der Waals surface area contributed by atoms with Crippen LogP contribution in [0.3, 0.4) is 0 Å². The highest BCUT2D eigenvalue weighted by atomic mass is 16.5. The van der Waals surface area contributed by atoms with E-state index >= 15 is 0 Å². The molecule has 1 unspecified atom stereocenters. The average Bonchev–Trinajstić information content (AvgIpc) is 2.85. The molecule has 0 spiro atoms. The van der Waals surface area contributed by atoms with Gasteiger partial charge in [-0.25, -0.2) is 0 Å². The Hall–Kier alpha value is -1.65. The zero-order valence-electron chi connectivity index (χ0n) is 12.1. The number of aliphatic hydroxyl groups is 1. The van der Waals surface area contributed by atoms with E-state index in [9.17, 15) is 0 Å². The molecule has 1 aromatic heterocycles. The van der Waals surface area contributed by atoms with E-state index in [2.05, 4.69) is 29.1 Å². The normalized spacial score (nSPS) is 12.8. The van der Waals surface area contributed by atoms with E-state index in [0.717, 1.165) is 31.0 Å². The third-order valence-corrected chi connectivity index (χ3v) is 3.44. The topological polar surface area (TPSA) is 49.5 Å². The van der Waals surface area contributed by atoms with Gasteiger partial charge in [-0.3, -0.25) is 4.90 Å². The predicted octanol–water partition coefficient (Wildman–Crippen LogP) is 2.76. The first kappa shape index (κ1) is 14.8. The average molecular weight is 274 g/mol. The molecule has 2 aromatic rings. The second kappa shape index (κ2) is 7.22. The molecule has 108 valence electrons.